The Morgan fingerprint density at radius 3 is 1.56 bits per heavy atom. The average Bonchev–Trinajstić information content (AvgIpc) is 2.93. The third kappa shape index (κ3) is 21.7. The van der Waals surface area contributed by atoms with Gasteiger partial charge in [0.1, 0.15) is 35.5 Å². The summed E-state index contributed by atoms with van der Waals surface area (Å²) < 4.78 is 21.4. The van der Waals surface area contributed by atoms with E-state index in [-0.39, 0.29) is 19.4 Å². The molecule has 0 saturated carbocycles. The second kappa shape index (κ2) is 20.4. The molecule has 1 aromatic rings. The van der Waals surface area contributed by atoms with Crippen LogP contribution in [-0.2, 0) is 35.1 Å². The molecule has 0 bridgehead atoms. The predicted octanol–water partition coefficient (Wildman–Crippen LogP) is 5.89. The number of esters is 1. The van der Waals surface area contributed by atoms with Crippen LogP contribution in [0.4, 0.5) is 14.4 Å². The molecule has 0 aliphatic carbocycles. The lowest BCUT2D eigenvalue weighted by Crippen LogP contribution is -2.52. The van der Waals surface area contributed by atoms with Crippen LogP contribution in [0.5, 0.6) is 0 Å². The molecule has 13 nitrogen and oxygen atoms in total. The van der Waals surface area contributed by atoms with Crippen LogP contribution < -0.4 is 21.3 Å². The number of ether oxygens (including phenoxy) is 4. The Labute approximate surface area is 285 Å². The van der Waals surface area contributed by atoms with E-state index in [4.69, 9.17) is 18.9 Å². The first-order valence-electron chi connectivity index (χ1n) is 16.7. The number of alkyl carbamates (subject to hydrolysis) is 3. The minimum atomic E-state index is -1.01. The molecule has 48 heavy (non-hydrogen) atoms. The molecule has 13 heteroatoms. The monoisotopic (exact) mass is 678 g/mol. The summed E-state index contributed by atoms with van der Waals surface area (Å²) in [4.78, 5) is 63.3. The second-order valence-electron chi connectivity index (χ2n) is 14.6. The van der Waals surface area contributed by atoms with Crippen molar-refractivity contribution in [2.24, 2.45) is 0 Å². The minimum absolute atomic E-state index is 0.0378. The fourth-order valence-electron chi connectivity index (χ4n) is 4.20. The van der Waals surface area contributed by atoms with Gasteiger partial charge in [-0.3, -0.25) is 4.79 Å². The normalized spacial score (nSPS) is 12.9. The lowest BCUT2D eigenvalue weighted by Gasteiger charge is -2.25. The van der Waals surface area contributed by atoms with E-state index in [2.05, 4.69) is 21.3 Å². The summed E-state index contributed by atoms with van der Waals surface area (Å²) in [6.45, 7) is 16.6. The number of hydrogen-bond acceptors (Lipinski definition) is 9. The van der Waals surface area contributed by atoms with E-state index < -0.39 is 59.0 Å². The van der Waals surface area contributed by atoms with Crippen LogP contribution in [0.15, 0.2) is 30.3 Å². The molecule has 0 fully saturated rings. The van der Waals surface area contributed by atoms with Gasteiger partial charge in [0.15, 0.2) is 0 Å². The van der Waals surface area contributed by atoms with Crippen molar-refractivity contribution in [2.45, 2.75) is 143 Å². The molecule has 4 N–H and O–H groups in total. The van der Waals surface area contributed by atoms with E-state index in [1.165, 1.54) is 0 Å². The van der Waals surface area contributed by atoms with Crippen molar-refractivity contribution >= 4 is 30.2 Å². The Balaban J connectivity index is 2.88. The highest BCUT2D eigenvalue weighted by molar-refractivity contribution is 5.89. The van der Waals surface area contributed by atoms with Gasteiger partial charge in [0.2, 0.25) is 5.91 Å². The Hall–Kier alpha value is -4.03. The van der Waals surface area contributed by atoms with Gasteiger partial charge < -0.3 is 40.2 Å². The lowest BCUT2D eigenvalue weighted by atomic mass is 10.1. The fraction of sp³-hybridized carbons (Fsp3) is 0.686. The van der Waals surface area contributed by atoms with Crippen LogP contribution in [0.25, 0.3) is 0 Å². The van der Waals surface area contributed by atoms with Crippen LogP contribution in [0, 0.1) is 0 Å². The molecular weight excluding hydrogens is 620 g/mol. The quantitative estimate of drug-likeness (QED) is 0.0892. The van der Waals surface area contributed by atoms with Crippen molar-refractivity contribution in [2.75, 3.05) is 13.1 Å². The third-order valence-electron chi connectivity index (χ3n) is 6.26. The molecule has 0 saturated heterocycles. The molecular formula is C35H58N4O9. The number of hydrogen-bond donors (Lipinski definition) is 4. The highest BCUT2D eigenvalue weighted by atomic mass is 16.6. The van der Waals surface area contributed by atoms with E-state index in [1.54, 1.807) is 62.3 Å². The Morgan fingerprint density at radius 1 is 0.583 bits per heavy atom. The van der Waals surface area contributed by atoms with Crippen LogP contribution in [0.1, 0.15) is 113 Å². The number of amides is 4. The fourth-order valence-corrected chi connectivity index (χ4v) is 4.20. The summed E-state index contributed by atoms with van der Waals surface area (Å²) >= 11 is 0. The van der Waals surface area contributed by atoms with Crippen molar-refractivity contribution in [1.29, 1.82) is 0 Å². The maximum absolute atomic E-state index is 13.5. The minimum Gasteiger partial charge on any atom is -0.459 e. The second-order valence-corrected chi connectivity index (χ2v) is 14.6. The zero-order valence-electron chi connectivity index (χ0n) is 30.3. The van der Waals surface area contributed by atoms with Gasteiger partial charge in [-0.15, -0.1) is 0 Å². The van der Waals surface area contributed by atoms with Gasteiger partial charge in [0.05, 0.1) is 0 Å². The van der Waals surface area contributed by atoms with E-state index in [9.17, 15) is 24.0 Å². The number of rotatable bonds is 17. The summed E-state index contributed by atoms with van der Waals surface area (Å²) in [5, 5.41) is 10.8. The van der Waals surface area contributed by atoms with Crippen LogP contribution in [-0.4, -0.2) is 72.1 Å². The standard InChI is InChI=1S/C35H58N4O9/c1-33(2,3)46-30(42)36-22-16-11-14-21-27(29(41)45-24-25-18-12-10-13-19-25)38-28(40)26(39-32(44)48-35(7,8)9)20-15-17-23-37-31(43)47-34(4,5)6/h10,12-13,18-19,26-27H,11,14-17,20-24H2,1-9H3,(H,36,42)(H,37,43)(H,38,40)(H,39,44)/t26-,27-/m0/s1. The van der Waals surface area contributed by atoms with Gasteiger partial charge in [-0.1, -0.05) is 43.2 Å². The average molecular weight is 679 g/mol. The number of carbonyl (C=O) groups is 5. The first kappa shape index (κ1) is 42.0. The summed E-state index contributed by atoms with van der Waals surface area (Å²) in [5.74, 6) is -1.16. The highest BCUT2D eigenvalue weighted by Crippen LogP contribution is 2.12. The molecule has 1 aromatic carbocycles. The molecule has 4 amide bonds. The molecule has 0 heterocycles. The topological polar surface area (TPSA) is 170 Å². The third-order valence-corrected chi connectivity index (χ3v) is 6.26. The Bertz CT molecular complexity index is 1160. The molecule has 1 rings (SSSR count). The van der Waals surface area contributed by atoms with Crippen molar-refractivity contribution in [1.82, 2.24) is 21.3 Å². The Morgan fingerprint density at radius 2 is 1.04 bits per heavy atom. The summed E-state index contributed by atoms with van der Waals surface area (Å²) in [5.41, 5.74) is -1.21. The maximum atomic E-state index is 13.5. The van der Waals surface area contributed by atoms with Gasteiger partial charge in [0.25, 0.3) is 0 Å². The van der Waals surface area contributed by atoms with Gasteiger partial charge in [-0.2, -0.15) is 0 Å². The van der Waals surface area contributed by atoms with Crippen molar-refractivity contribution in [3.05, 3.63) is 35.9 Å². The SMILES string of the molecule is CC(C)(C)OC(=O)NCCCCC[C@H](NC(=O)[C@H](CCCCNC(=O)OC(C)(C)C)NC(=O)OC(C)(C)C)C(=O)OCc1ccccc1. The molecule has 0 aromatic heterocycles. The van der Waals surface area contributed by atoms with Crippen molar-refractivity contribution < 1.29 is 42.9 Å². The first-order valence-corrected chi connectivity index (χ1v) is 16.7. The summed E-state index contributed by atoms with van der Waals surface area (Å²) in [6, 6.07) is 7.21. The van der Waals surface area contributed by atoms with E-state index in [1.807, 2.05) is 30.3 Å². The van der Waals surface area contributed by atoms with E-state index in [0.29, 0.717) is 45.2 Å². The molecule has 2 atom stereocenters. The largest absolute Gasteiger partial charge is 0.459 e. The molecule has 0 radical (unpaired) electrons. The summed E-state index contributed by atoms with van der Waals surface area (Å²) in [7, 11) is 0. The number of nitrogens with one attached hydrogen (secondary N) is 4. The number of benzene rings is 1. The molecule has 0 spiro atoms. The molecule has 272 valence electrons. The lowest BCUT2D eigenvalue weighted by molar-refractivity contribution is -0.149. The van der Waals surface area contributed by atoms with Crippen molar-refractivity contribution in [3.8, 4) is 0 Å². The zero-order chi connectivity index (χ0) is 36.4. The zero-order valence-corrected chi connectivity index (χ0v) is 30.3. The summed E-state index contributed by atoms with van der Waals surface area (Å²) in [6.07, 6.45) is 1.54. The predicted molar refractivity (Wildman–Crippen MR) is 182 cm³/mol. The number of carbonyl (C=O) groups excluding carboxylic acids is 5. The van der Waals surface area contributed by atoms with Crippen LogP contribution >= 0.6 is 0 Å². The van der Waals surface area contributed by atoms with Crippen LogP contribution in [0.2, 0.25) is 0 Å². The number of unbranched alkanes of at least 4 members (excludes halogenated alkanes) is 3. The van der Waals surface area contributed by atoms with E-state index in [0.717, 1.165) is 5.56 Å². The van der Waals surface area contributed by atoms with Gasteiger partial charge in [0, 0.05) is 13.1 Å². The van der Waals surface area contributed by atoms with Gasteiger partial charge >= 0.3 is 24.2 Å². The van der Waals surface area contributed by atoms with Crippen molar-refractivity contribution in [3.63, 3.8) is 0 Å². The van der Waals surface area contributed by atoms with E-state index >= 15 is 0 Å². The molecule has 0 aliphatic rings. The van der Waals surface area contributed by atoms with Gasteiger partial charge in [-0.05, 0) is 100.0 Å². The smallest absolute Gasteiger partial charge is 0.408 e. The first-order chi connectivity index (χ1) is 22.2. The van der Waals surface area contributed by atoms with Crippen LogP contribution in [0.3, 0.4) is 0 Å². The highest BCUT2D eigenvalue weighted by Gasteiger charge is 2.29. The molecule has 0 unspecified atom stereocenters. The molecule has 0 aliphatic heterocycles. The van der Waals surface area contributed by atoms with Gasteiger partial charge in [-0.25, -0.2) is 19.2 Å². The maximum Gasteiger partial charge on any atom is 0.408 e. The Kier molecular flexibility index (Phi) is 17.8.